The largest absolute Gasteiger partial charge is 0.494 e. The van der Waals surface area contributed by atoms with Crippen molar-refractivity contribution >= 4 is 48.3 Å². The van der Waals surface area contributed by atoms with Gasteiger partial charge in [-0.1, -0.05) is 36.5 Å². The summed E-state index contributed by atoms with van der Waals surface area (Å²) in [5, 5.41) is 3.05. The van der Waals surface area contributed by atoms with Crippen LogP contribution in [0.25, 0.3) is 10.2 Å². The minimum absolute atomic E-state index is 0.231. The Hall–Kier alpha value is -2.65. The molecule has 0 radical (unpaired) electrons. The SMILES string of the molecule is CCc1ccccc1S(=O)(=O)Nc1cc(OC)c2nc(NC(C)=O)sc2c1. The van der Waals surface area contributed by atoms with E-state index in [0.717, 1.165) is 5.56 Å². The van der Waals surface area contributed by atoms with E-state index in [1.165, 1.54) is 25.4 Å². The monoisotopic (exact) mass is 405 g/mol. The fraction of sp³-hybridized carbons (Fsp3) is 0.222. The van der Waals surface area contributed by atoms with Gasteiger partial charge in [-0.25, -0.2) is 13.4 Å². The molecule has 142 valence electrons. The predicted molar refractivity (Wildman–Crippen MR) is 107 cm³/mol. The second kappa shape index (κ2) is 7.53. The van der Waals surface area contributed by atoms with Crippen molar-refractivity contribution < 1.29 is 17.9 Å². The van der Waals surface area contributed by atoms with Crippen LogP contribution >= 0.6 is 11.3 Å². The van der Waals surface area contributed by atoms with Gasteiger partial charge >= 0.3 is 0 Å². The van der Waals surface area contributed by atoms with E-state index in [2.05, 4.69) is 15.0 Å². The van der Waals surface area contributed by atoms with Crippen molar-refractivity contribution in [3.05, 3.63) is 42.0 Å². The molecule has 0 fully saturated rings. The van der Waals surface area contributed by atoms with Crippen molar-refractivity contribution in [3.63, 3.8) is 0 Å². The predicted octanol–water partition coefficient (Wildman–Crippen LogP) is 3.63. The number of thiazole rings is 1. The Morgan fingerprint density at radius 1 is 1.26 bits per heavy atom. The number of methoxy groups -OCH3 is 1. The van der Waals surface area contributed by atoms with E-state index in [1.54, 1.807) is 30.3 Å². The second-order valence-electron chi connectivity index (χ2n) is 5.79. The van der Waals surface area contributed by atoms with Crippen LogP contribution in [0, 0.1) is 0 Å². The Labute approximate surface area is 161 Å². The Balaban J connectivity index is 2.02. The molecule has 0 aliphatic rings. The van der Waals surface area contributed by atoms with Gasteiger partial charge in [0.25, 0.3) is 10.0 Å². The Kier molecular flexibility index (Phi) is 5.33. The van der Waals surface area contributed by atoms with Gasteiger partial charge in [0.1, 0.15) is 11.3 Å². The molecule has 0 saturated heterocycles. The lowest BCUT2D eigenvalue weighted by Crippen LogP contribution is -2.14. The quantitative estimate of drug-likeness (QED) is 0.653. The van der Waals surface area contributed by atoms with Crippen LogP contribution in [0.3, 0.4) is 0 Å². The van der Waals surface area contributed by atoms with Gasteiger partial charge in [0.2, 0.25) is 5.91 Å². The number of nitrogens with one attached hydrogen (secondary N) is 2. The molecule has 0 saturated carbocycles. The van der Waals surface area contributed by atoms with Crippen LogP contribution < -0.4 is 14.8 Å². The molecule has 3 aromatic rings. The number of anilines is 2. The highest BCUT2D eigenvalue weighted by molar-refractivity contribution is 7.92. The van der Waals surface area contributed by atoms with Gasteiger partial charge in [-0.05, 0) is 24.1 Å². The van der Waals surface area contributed by atoms with E-state index in [1.807, 2.05) is 13.0 Å². The highest BCUT2D eigenvalue weighted by Gasteiger charge is 2.19. The summed E-state index contributed by atoms with van der Waals surface area (Å²) in [5.41, 5.74) is 1.66. The number of hydrogen-bond donors (Lipinski definition) is 2. The smallest absolute Gasteiger partial charge is 0.262 e. The van der Waals surface area contributed by atoms with Gasteiger partial charge in [0.15, 0.2) is 5.13 Å². The molecule has 1 heterocycles. The third-order valence-corrected chi connectivity index (χ3v) is 6.26. The van der Waals surface area contributed by atoms with Crippen LogP contribution in [-0.2, 0) is 21.2 Å². The van der Waals surface area contributed by atoms with Crippen LogP contribution in [0.15, 0.2) is 41.3 Å². The minimum atomic E-state index is -3.75. The average molecular weight is 406 g/mol. The van der Waals surface area contributed by atoms with Crippen molar-refractivity contribution in [2.75, 3.05) is 17.1 Å². The lowest BCUT2D eigenvalue weighted by atomic mass is 10.2. The molecule has 2 aromatic carbocycles. The van der Waals surface area contributed by atoms with Gasteiger partial charge < -0.3 is 10.1 Å². The maximum absolute atomic E-state index is 12.8. The lowest BCUT2D eigenvalue weighted by molar-refractivity contribution is -0.114. The molecule has 3 rings (SSSR count). The normalized spacial score (nSPS) is 11.4. The number of ether oxygens (including phenoxy) is 1. The summed E-state index contributed by atoms with van der Waals surface area (Å²) < 4.78 is 34.3. The molecule has 1 amide bonds. The van der Waals surface area contributed by atoms with E-state index in [0.29, 0.717) is 33.2 Å². The maximum Gasteiger partial charge on any atom is 0.262 e. The fourth-order valence-corrected chi connectivity index (χ4v) is 5.01. The summed E-state index contributed by atoms with van der Waals surface area (Å²) in [7, 11) is -2.27. The number of benzene rings is 2. The molecular formula is C18H19N3O4S2. The van der Waals surface area contributed by atoms with Gasteiger partial charge in [-0.2, -0.15) is 0 Å². The van der Waals surface area contributed by atoms with Crippen molar-refractivity contribution in [1.82, 2.24) is 4.98 Å². The summed E-state index contributed by atoms with van der Waals surface area (Å²) in [6.07, 6.45) is 0.606. The number of hydrogen-bond acceptors (Lipinski definition) is 6. The number of aromatic nitrogens is 1. The molecule has 0 atom stereocenters. The Morgan fingerprint density at radius 3 is 2.67 bits per heavy atom. The van der Waals surface area contributed by atoms with E-state index >= 15 is 0 Å². The zero-order valence-electron chi connectivity index (χ0n) is 15.1. The molecule has 27 heavy (non-hydrogen) atoms. The Morgan fingerprint density at radius 2 is 2.00 bits per heavy atom. The first kappa shape index (κ1) is 19.1. The van der Waals surface area contributed by atoms with E-state index in [-0.39, 0.29) is 10.8 Å². The summed E-state index contributed by atoms with van der Waals surface area (Å²) in [5.74, 6) is 0.187. The number of sulfonamides is 1. The van der Waals surface area contributed by atoms with Crippen molar-refractivity contribution in [1.29, 1.82) is 0 Å². The molecule has 0 unspecified atom stereocenters. The number of carbonyl (C=O) groups is 1. The number of amides is 1. The average Bonchev–Trinajstić information content (AvgIpc) is 3.02. The first-order valence-electron chi connectivity index (χ1n) is 8.21. The van der Waals surface area contributed by atoms with E-state index in [9.17, 15) is 13.2 Å². The summed E-state index contributed by atoms with van der Waals surface area (Å²) in [6.45, 7) is 3.30. The van der Waals surface area contributed by atoms with E-state index < -0.39 is 10.0 Å². The lowest BCUT2D eigenvalue weighted by Gasteiger charge is -2.12. The molecule has 1 aromatic heterocycles. The zero-order valence-corrected chi connectivity index (χ0v) is 16.7. The number of aryl methyl sites for hydroxylation is 1. The van der Waals surface area contributed by atoms with Gasteiger partial charge in [0, 0.05) is 13.0 Å². The molecule has 2 N–H and O–H groups in total. The standard InChI is InChI=1S/C18H19N3O4S2/c1-4-12-7-5-6-8-16(12)27(23,24)21-13-9-14(25-3)17-15(10-13)26-18(20-17)19-11(2)22/h5-10,21H,4H2,1-3H3,(H,19,20,22). The van der Waals surface area contributed by atoms with Crippen LogP contribution in [0.1, 0.15) is 19.4 Å². The number of carbonyl (C=O) groups excluding carboxylic acids is 1. The van der Waals surface area contributed by atoms with E-state index in [4.69, 9.17) is 4.74 Å². The molecule has 7 nitrogen and oxygen atoms in total. The number of rotatable bonds is 6. The third kappa shape index (κ3) is 4.04. The highest BCUT2D eigenvalue weighted by atomic mass is 32.2. The third-order valence-electron chi connectivity index (χ3n) is 3.86. The number of fused-ring (bicyclic) bond motifs is 1. The Bertz CT molecular complexity index is 1110. The van der Waals surface area contributed by atoms with Crippen molar-refractivity contribution in [2.45, 2.75) is 25.2 Å². The van der Waals surface area contributed by atoms with Gasteiger partial charge in [-0.15, -0.1) is 0 Å². The summed E-state index contributed by atoms with van der Waals surface area (Å²) in [6, 6.07) is 10.1. The van der Waals surface area contributed by atoms with Gasteiger partial charge in [0.05, 0.1) is 22.4 Å². The molecular weight excluding hydrogens is 386 g/mol. The number of nitrogens with zero attached hydrogens (tertiary/aromatic N) is 1. The second-order valence-corrected chi connectivity index (χ2v) is 8.47. The summed E-state index contributed by atoms with van der Waals surface area (Å²) in [4.78, 5) is 15.8. The maximum atomic E-state index is 12.8. The van der Waals surface area contributed by atoms with Crippen LogP contribution in [-0.4, -0.2) is 26.4 Å². The molecule has 0 bridgehead atoms. The van der Waals surface area contributed by atoms with Crippen molar-refractivity contribution in [2.24, 2.45) is 0 Å². The molecule has 9 heteroatoms. The topological polar surface area (TPSA) is 97.4 Å². The fourth-order valence-electron chi connectivity index (χ4n) is 2.69. The summed E-state index contributed by atoms with van der Waals surface area (Å²) >= 11 is 1.24. The molecule has 0 spiro atoms. The first-order valence-corrected chi connectivity index (χ1v) is 10.5. The van der Waals surface area contributed by atoms with Crippen LogP contribution in [0.2, 0.25) is 0 Å². The minimum Gasteiger partial charge on any atom is -0.494 e. The van der Waals surface area contributed by atoms with Crippen LogP contribution in [0.4, 0.5) is 10.8 Å². The van der Waals surface area contributed by atoms with Crippen molar-refractivity contribution in [3.8, 4) is 5.75 Å². The first-order chi connectivity index (χ1) is 12.8. The van der Waals surface area contributed by atoms with Crippen LogP contribution in [0.5, 0.6) is 5.75 Å². The van der Waals surface area contributed by atoms with Gasteiger partial charge in [-0.3, -0.25) is 9.52 Å². The zero-order chi connectivity index (χ0) is 19.6. The highest BCUT2D eigenvalue weighted by Crippen LogP contribution is 2.36. The molecule has 0 aliphatic heterocycles. The molecule has 0 aliphatic carbocycles.